The average Bonchev–Trinajstić information content (AvgIpc) is 2.66. The van der Waals surface area contributed by atoms with Gasteiger partial charge in [0.1, 0.15) is 0 Å². The second-order valence-electron chi connectivity index (χ2n) is 6.27. The van der Waals surface area contributed by atoms with Crippen molar-refractivity contribution >= 4 is 16.7 Å². The van der Waals surface area contributed by atoms with Crippen molar-refractivity contribution in [2.45, 2.75) is 39.2 Å². The molecule has 0 radical (unpaired) electrons. The van der Waals surface area contributed by atoms with Gasteiger partial charge in [0, 0.05) is 32.0 Å². The Morgan fingerprint density at radius 1 is 1.19 bits per heavy atom. The van der Waals surface area contributed by atoms with Crippen LogP contribution in [0.5, 0.6) is 0 Å². The van der Waals surface area contributed by atoms with Crippen LogP contribution in [0.25, 0.3) is 10.8 Å². The highest BCUT2D eigenvalue weighted by atomic mass is 16.1. The molecule has 136 valence electrons. The van der Waals surface area contributed by atoms with Gasteiger partial charge in [-0.3, -0.25) is 4.79 Å². The molecule has 3 nitrogen and oxygen atoms in total. The summed E-state index contributed by atoms with van der Waals surface area (Å²) in [5, 5.41) is 8.93. The number of nitrogens with one attached hydrogen (secondary N) is 2. The van der Waals surface area contributed by atoms with Gasteiger partial charge in [0.2, 0.25) is 5.91 Å². The van der Waals surface area contributed by atoms with Crippen molar-refractivity contribution in [3.8, 4) is 11.8 Å². The van der Waals surface area contributed by atoms with E-state index in [0.717, 1.165) is 13.0 Å². The summed E-state index contributed by atoms with van der Waals surface area (Å²) in [6, 6.07) is 15.2. The number of carbonyl (C=O) groups is 1. The zero-order chi connectivity index (χ0) is 18.6. The minimum atomic E-state index is 0.108. The maximum absolute atomic E-state index is 11.3. The van der Waals surface area contributed by atoms with Gasteiger partial charge in [-0.15, -0.1) is 0 Å². The third-order valence-corrected chi connectivity index (χ3v) is 4.18. The molecule has 2 aromatic carbocycles. The summed E-state index contributed by atoms with van der Waals surface area (Å²) in [5.74, 6) is 6.17. The van der Waals surface area contributed by atoms with Gasteiger partial charge < -0.3 is 10.6 Å². The molecule has 0 fully saturated rings. The molecule has 0 heterocycles. The van der Waals surface area contributed by atoms with Gasteiger partial charge in [-0.1, -0.05) is 67.3 Å². The Morgan fingerprint density at radius 2 is 2.00 bits per heavy atom. The molecule has 0 bridgehead atoms. The van der Waals surface area contributed by atoms with E-state index in [0.29, 0.717) is 19.4 Å². The second kappa shape index (κ2) is 11.1. The lowest BCUT2D eigenvalue weighted by Gasteiger charge is -2.15. The fourth-order valence-electron chi connectivity index (χ4n) is 2.81. The summed E-state index contributed by atoms with van der Waals surface area (Å²) in [5.41, 5.74) is 1.31. The lowest BCUT2D eigenvalue weighted by Crippen LogP contribution is -2.23. The first-order chi connectivity index (χ1) is 12.7. The van der Waals surface area contributed by atoms with E-state index < -0.39 is 0 Å². The fourth-order valence-corrected chi connectivity index (χ4v) is 2.81. The number of allylic oxidation sites excluding steroid dienone is 1. The largest absolute Gasteiger partial charge is 0.355 e. The Bertz CT molecular complexity index is 793. The highest BCUT2D eigenvalue weighted by molar-refractivity contribution is 5.86. The summed E-state index contributed by atoms with van der Waals surface area (Å²) in [7, 11) is 0. The quantitative estimate of drug-likeness (QED) is 0.550. The summed E-state index contributed by atoms with van der Waals surface area (Å²) >= 11 is 0. The lowest BCUT2D eigenvalue weighted by molar-refractivity contribution is -0.121. The molecular formula is C23H28N2O. The van der Waals surface area contributed by atoms with Crippen LogP contribution in [0.4, 0.5) is 0 Å². The minimum Gasteiger partial charge on any atom is -0.355 e. The normalized spacial score (nSPS) is 11.9. The molecule has 1 atom stereocenters. The predicted octanol–water partition coefficient (Wildman–Crippen LogP) is 4.36. The first kappa shape index (κ1) is 19.8. The van der Waals surface area contributed by atoms with E-state index in [2.05, 4.69) is 71.9 Å². The van der Waals surface area contributed by atoms with E-state index in [4.69, 9.17) is 0 Å². The maximum Gasteiger partial charge on any atom is 0.220 e. The van der Waals surface area contributed by atoms with Crippen LogP contribution in [0.3, 0.4) is 0 Å². The topological polar surface area (TPSA) is 41.1 Å². The Labute approximate surface area is 156 Å². The van der Waals surface area contributed by atoms with Crippen LogP contribution < -0.4 is 10.6 Å². The van der Waals surface area contributed by atoms with Crippen molar-refractivity contribution in [2.24, 2.45) is 0 Å². The Morgan fingerprint density at radius 3 is 2.85 bits per heavy atom. The number of fused-ring (bicyclic) bond motifs is 1. The van der Waals surface area contributed by atoms with Crippen molar-refractivity contribution < 1.29 is 4.79 Å². The Kier molecular flexibility index (Phi) is 8.45. The molecule has 2 rings (SSSR count). The molecule has 0 spiro atoms. The summed E-state index contributed by atoms with van der Waals surface area (Å²) in [6.07, 6.45) is 6.05. The predicted molar refractivity (Wildman–Crippen MR) is 110 cm³/mol. The van der Waals surface area contributed by atoms with Crippen molar-refractivity contribution in [1.29, 1.82) is 0 Å². The molecule has 1 unspecified atom stereocenters. The van der Waals surface area contributed by atoms with Crippen LogP contribution in [0.15, 0.2) is 54.6 Å². The monoisotopic (exact) mass is 348 g/mol. The third kappa shape index (κ3) is 6.38. The van der Waals surface area contributed by atoms with Crippen LogP contribution in [0, 0.1) is 11.8 Å². The van der Waals surface area contributed by atoms with Crippen LogP contribution in [0.1, 0.15) is 44.7 Å². The zero-order valence-corrected chi connectivity index (χ0v) is 15.7. The summed E-state index contributed by atoms with van der Waals surface area (Å²) in [4.78, 5) is 11.3. The standard InChI is InChI=1S/C23H28N2O/c1-3-12-23(26)25-18-10-6-4-5-9-17-24-19(2)21-16-11-14-20-13-7-8-15-22(20)21/h5,7-9,11,13-16,19,24H,3,10,12,17-18H2,1-2H3,(H,25,26). The maximum atomic E-state index is 11.3. The number of rotatable bonds is 8. The SMILES string of the molecule is CCCC(=O)NCCC#CC=CCNC(C)c1cccc2ccccc12. The molecule has 0 aliphatic rings. The van der Waals surface area contributed by atoms with E-state index in [-0.39, 0.29) is 11.9 Å². The van der Waals surface area contributed by atoms with E-state index >= 15 is 0 Å². The smallest absolute Gasteiger partial charge is 0.220 e. The fraction of sp³-hybridized carbons (Fsp3) is 0.348. The van der Waals surface area contributed by atoms with Gasteiger partial charge in [-0.25, -0.2) is 0 Å². The highest BCUT2D eigenvalue weighted by Crippen LogP contribution is 2.23. The van der Waals surface area contributed by atoms with Crippen LogP contribution >= 0.6 is 0 Å². The Balaban J connectivity index is 1.73. The highest BCUT2D eigenvalue weighted by Gasteiger charge is 2.07. The van der Waals surface area contributed by atoms with Gasteiger partial charge in [0.25, 0.3) is 0 Å². The molecule has 1 amide bonds. The van der Waals surface area contributed by atoms with Gasteiger partial charge >= 0.3 is 0 Å². The summed E-state index contributed by atoms with van der Waals surface area (Å²) < 4.78 is 0. The number of amides is 1. The molecule has 26 heavy (non-hydrogen) atoms. The minimum absolute atomic E-state index is 0.108. The van der Waals surface area contributed by atoms with E-state index in [1.165, 1.54) is 16.3 Å². The first-order valence-electron chi connectivity index (χ1n) is 9.33. The van der Waals surface area contributed by atoms with Gasteiger partial charge in [0.15, 0.2) is 0 Å². The van der Waals surface area contributed by atoms with Gasteiger partial charge in [-0.05, 0) is 35.8 Å². The number of benzene rings is 2. The molecule has 0 saturated carbocycles. The third-order valence-electron chi connectivity index (χ3n) is 4.18. The molecule has 2 N–H and O–H groups in total. The van der Waals surface area contributed by atoms with Crippen LogP contribution in [0.2, 0.25) is 0 Å². The van der Waals surface area contributed by atoms with E-state index in [1.807, 2.05) is 19.1 Å². The van der Waals surface area contributed by atoms with Gasteiger partial charge in [0.05, 0.1) is 0 Å². The van der Waals surface area contributed by atoms with E-state index in [1.54, 1.807) is 0 Å². The molecule has 0 saturated heterocycles. The van der Waals surface area contributed by atoms with Crippen molar-refractivity contribution in [3.63, 3.8) is 0 Å². The van der Waals surface area contributed by atoms with Gasteiger partial charge in [-0.2, -0.15) is 0 Å². The number of hydrogen-bond acceptors (Lipinski definition) is 2. The zero-order valence-electron chi connectivity index (χ0n) is 15.7. The molecule has 0 aromatic heterocycles. The number of carbonyl (C=O) groups excluding carboxylic acids is 1. The molecule has 3 heteroatoms. The van der Waals surface area contributed by atoms with Crippen LogP contribution in [-0.4, -0.2) is 19.0 Å². The van der Waals surface area contributed by atoms with E-state index in [9.17, 15) is 4.79 Å². The van der Waals surface area contributed by atoms with Crippen LogP contribution in [-0.2, 0) is 4.79 Å². The van der Waals surface area contributed by atoms with Crippen molar-refractivity contribution in [2.75, 3.05) is 13.1 Å². The molecule has 2 aromatic rings. The average molecular weight is 348 g/mol. The molecule has 0 aliphatic heterocycles. The first-order valence-corrected chi connectivity index (χ1v) is 9.33. The van der Waals surface area contributed by atoms with Crippen molar-refractivity contribution in [1.82, 2.24) is 10.6 Å². The number of hydrogen-bond donors (Lipinski definition) is 2. The molecule has 0 aliphatic carbocycles. The second-order valence-corrected chi connectivity index (χ2v) is 6.27. The van der Waals surface area contributed by atoms with Crippen molar-refractivity contribution in [3.05, 3.63) is 60.2 Å². The lowest BCUT2D eigenvalue weighted by atomic mass is 10.00. The Hall–Kier alpha value is -2.57. The molecular weight excluding hydrogens is 320 g/mol. The summed E-state index contributed by atoms with van der Waals surface area (Å²) in [6.45, 7) is 5.57.